The summed E-state index contributed by atoms with van der Waals surface area (Å²) < 4.78 is 11.3. The van der Waals surface area contributed by atoms with E-state index in [0.29, 0.717) is 32.4 Å². The molecule has 0 aromatic heterocycles. The molecule has 150 valence electrons. The van der Waals surface area contributed by atoms with Gasteiger partial charge in [0.25, 0.3) is 0 Å². The van der Waals surface area contributed by atoms with E-state index in [9.17, 15) is 4.79 Å². The molecule has 0 aliphatic carbocycles. The fraction of sp³-hybridized carbons (Fsp3) is 0.571. The van der Waals surface area contributed by atoms with Gasteiger partial charge in [-0.25, -0.2) is 0 Å². The molecule has 1 aromatic carbocycles. The molecule has 0 radical (unpaired) electrons. The molecule has 2 aliphatic rings. The number of hydrogen-bond donors (Lipinski definition) is 1. The number of carbonyl (C=O) groups excluding carboxylic acids is 1. The van der Waals surface area contributed by atoms with Gasteiger partial charge in [0.1, 0.15) is 12.4 Å². The number of ether oxygens (including phenoxy) is 2. The van der Waals surface area contributed by atoms with E-state index in [-0.39, 0.29) is 5.91 Å². The Kier molecular flexibility index (Phi) is 7.40. The second-order valence-electron chi connectivity index (χ2n) is 7.07. The van der Waals surface area contributed by atoms with Gasteiger partial charge in [-0.3, -0.25) is 9.69 Å². The van der Waals surface area contributed by atoms with Crippen molar-refractivity contribution < 1.29 is 14.3 Å². The smallest absolute Gasteiger partial charge is 0.220 e. The second-order valence-corrected chi connectivity index (χ2v) is 7.07. The lowest BCUT2D eigenvalue weighted by molar-refractivity contribution is -0.121. The number of hydrogen-bond acceptors (Lipinski definition) is 6. The average molecular weight is 384 g/mol. The Morgan fingerprint density at radius 1 is 1.29 bits per heavy atom. The maximum atomic E-state index is 12.2. The van der Waals surface area contributed by atoms with Crippen LogP contribution in [0.2, 0.25) is 0 Å². The lowest BCUT2D eigenvalue weighted by Gasteiger charge is -2.26. The third-order valence-corrected chi connectivity index (χ3v) is 5.02. The Morgan fingerprint density at radius 3 is 2.82 bits per heavy atom. The third kappa shape index (κ3) is 6.32. The van der Waals surface area contributed by atoms with Crippen molar-refractivity contribution in [2.24, 2.45) is 10.2 Å². The highest BCUT2D eigenvalue weighted by molar-refractivity contribution is 5.76. The lowest BCUT2D eigenvalue weighted by atomic mass is 10.0. The van der Waals surface area contributed by atoms with Gasteiger partial charge in [0.15, 0.2) is 5.66 Å². The summed E-state index contributed by atoms with van der Waals surface area (Å²) in [5.41, 5.74) is 0.560. The number of nitrogens with one attached hydrogen (secondary N) is 1. The Morgan fingerprint density at radius 2 is 2.07 bits per heavy atom. The number of benzene rings is 1. The van der Waals surface area contributed by atoms with Gasteiger partial charge in [0, 0.05) is 57.4 Å². The largest absolute Gasteiger partial charge is 0.492 e. The van der Waals surface area contributed by atoms with Crippen LogP contribution in [0.25, 0.3) is 0 Å². The predicted molar refractivity (Wildman–Crippen MR) is 106 cm³/mol. The van der Waals surface area contributed by atoms with Crippen molar-refractivity contribution in [2.45, 2.75) is 37.9 Å². The quantitative estimate of drug-likeness (QED) is 0.595. The van der Waals surface area contributed by atoms with Crippen molar-refractivity contribution in [3.8, 4) is 18.1 Å². The zero-order chi connectivity index (χ0) is 19.7. The summed E-state index contributed by atoms with van der Waals surface area (Å²) in [6, 6.07) is 7.82. The molecule has 1 N–H and O–H groups in total. The maximum Gasteiger partial charge on any atom is 0.220 e. The van der Waals surface area contributed by atoms with E-state index in [2.05, 4.69) is 26.4 Å². The van der Waals surface area contributed by atoms with Gasteiger partial charge >= 0.3 is 0 Å². The first-order chi connectivity index (χ1) is 13.7. The molecule has 0 spiro atoms. The van der Waals surface area contributed by atoms with Crippen molar-refractivity contribution >= 4 is 5.91 Å². The molecule has 0 atom stereocenters. The highest BCUT2D eigenvalue weighted by Crippen LogP contribution is 2.37. The number of terminal acetylenes is 1. The number of morpholine rings is 1. The van der Waals surface area contributed by atoms with Crippen molar-refractivity contribution in [1.82, 2.24) is 10.2 Å². The molecule has 0 saturated carbocycles. The average Bonchev–Trinajstić information content (AvgIpc) is 3.51. The number of carbonyl (C=O) groups is 1. The Bertz CT molecular complexity index is 717. The standard InChI is InChI=1S/C21H28N4O3/c1-2-3-9-21(23-24-21)10-8-20(26)22-17-18-6-4-5-7-19(18)28-16-13-25-11-14-27-15-12-25/h1,4-7H,3,8-17H2,(H,22,26). The van der Waals surface area contributed by atoms with Crippen LogP contribution >= 0.6 is 0 Å². The molecule has 2 aliphatic heterocycles. The summed E-state index contributed by atoms with van der Waals surface area (Å²) in [5, 5.41) is 11.1. The minimum atomic E-state index is -0.412. The summed E-state index contributed by atoms with van der Waals surface area (Å²) in [6.07, 6.45) is 7.63. The summed E-state index contributed by atoms with van der Waals surface area (Å²) in [5.74, 6) is 3.40. The van der Waals surface area contributed by atoms with E-state index >= 15 is 0 Å². The van der Waals surface area contributed by atoms with Crippen LogP contribution in [0.5, 0.6) is 5.75 Å². The summed E-state index contributed by atoms with van der Waals surface area (Å²) in [6.45, 7) is 5.39. The van der Waals surface area contributed by atoms with E-state index in [1.165, 1.54) is 0 Å². The van der Waals surface area contributed by atoms with Crippen LogP contribution < -0.4 is 10.1 Å². The lowest BCUT2D eigenvalue weighted by Crippen LogP contribution is -2.38. The minimum absolute atomic E-state index is 0.0134. The minimum Gasteiger partial charge on any atom is -0.492 e. The van der Waals surface area contributed by atoms with Gasteiger partial charge in [0.05, 0.1) is 13.2 Å². The normalized spacial score (nSPS) is 17.7. The third-order valence-electron chi connectivity index (χ3n) is 5.02. The van der Waals surface area contributed by atoms with E-state index in [1.807, 2.05) is 24.3 Å². The predicted octanol–water partition coefficient (Wildman–Crippen LogP) is 2.37. The van der Waals surface area contributed by atoms with Gasteiger partial charge in [0.2, 0.25) is 5.91 Å². The van der Waals surface area contributed by atoms with Crippen LogP contribution in [0, 0.1) is 12.3 Å². The van der Waals surface area contributed by atoms with E-state index in [1.54, 1.807) is 0 Å². The summed E-state index contributed by atoms with van der Waals surface area (Å²) >= 11 is 0. The molecule has 7 nitrogen and oxygen atoms in total. The molecule has 0 bridgehead atoms. The summed E-state index contributed by atoms with van der Waals surface area (Å²) in [7, 11) is 0. The van der Waals surface area contributed by atoms with E-state index in [4.69, 9.17) is 15.9 Å². The van der Waals surface area contributed by atoms with E-state index < -0.39 is 5.66 Å². The zero-order valence-corrected chi connectivity index (χ0v) is 16.2. The molecule has 28 heavy (non-hydrogen) atoms. The van der Waals surface area contributed by atoms with Crippen molar-refractivity contribution in [2.75, 3.05) is 39.5 Å². The number of nitrogens with zero attached hydrogens (tertiary/aromatic N) is 3. The van der Waals surface area contributed by atoms with Gasteiger partial charge < -0.3 is 14.8 Å². The van der Waals surface area contributed by atoms with Gasteiger partial charge in [-0.15, -0.1) is 12.3 Å². The van der Waals surface area contributed by atoms with Crippen molar-refractivity contribution in [3.05, 3.63) is 29.8 Å². The van der Waals surface area contributed by atoms with Gasteiger partial charge in [-0.05, 0) is 6.07 Å². The maximum absolute atomic E-state index is 12.2. The Hall–Kier alpha value is -2.43. The van der Waals surface area contributed by atoms with Crippen molar-refractivity contribution in [1.29, 1.82) is 0 Å². The van der Waals surface area contributed by atoms with Crippen LogP contribution in [0.1, 0.15) is 31.2 Å². The van der Waals surface area contributed by atoms with Crippen LogP contribution in [-0.4, -0.2) is 55.9 Å². The first-order valence-electron chi connectivity index (χ1n) is 9.86. The summed E-state index contributed by atoms with van der Waals surface area (Å²) in [4.78, 5) is 14.5. The fourth-order valence-electron chi connectivity index (χ4n) is 3.16. The molecule has 1 amide bonds. The molecular formula is C21H28N4O3. The number of rotatable bonds is 11. The van der Waals surface area contributed by atoms with Gasteiger partial charge in [-0.1, -0.05) is 18.2 Å². The molecule has 1 fully saturated rings. The molecule has 0 unspecified atom stereocenters. The monoisotopic (exact) mass is 384 g/mol. The molecule has 1 aromatic rings. The highest BCUT2D eigenvalue weighted by atomic mass is 16.5. The zero-order valence-electron chi connectivity index (χ0n) is 16.2. The number of para-hydroxylation sites is 1. The molecular weight excluding hydrogens is 356 g/mol. The number of amides is 1. The van der Waals surface area contributed by atoms with Crippen LogP contribution in [0.3, 0.4) is 0 Å². The molecule has 1 saturated heterocycles. The Balaban J connectivity index is 1.39. The first-order valence-corrected chi connectivity index (χ1v) is 9.86. The van der Waals surface area contributed by atoms with E-state index in [0.717, 1.165) is 50.6 Å². The second kappa shape index (κ2) is 10.2. The molecule has 2 heterocycles. The van der Waals surface area contributed by atoms with Crippen LogP contribution in [0.15, 0.2) is 34.5 Å². The van der Waals surface area contributed by atoms with Gasteiger partial charge in [-0.2, -0.15) is 10.2 Å². The molecule has 3 rings (SSSR count). The molecule has 7 heteroatoms. The van der Waals surface area contributed by atoms with Crippen molar-refractivity contribution in [3.63, 3.8) is 0 Å². The SMILES string of the molecule is C#CCCC1(CCC(=O)NCc2ccccc2OCCN2CCOCC2)N=N1. The fourth-order valence-corrected chi connectivity index (χ4v) is 3.16. The first kappa shape index (κ1) is 20.3. The van der Waals surface area contributed by atoms with Crippen LogP contribution in [-0.2, 0) is 16.1 Å². The van der Waals surface area contributed by atoms with Crippen LogP contribution in [0.4, 0.5) is 0 Å². The highest BCUT2D eigenvalue weighted by Gasteiger charge is 2.39. The topological polar surface area (TPSA) is 75.5 Å². The Labute approximate surface area is 166 Å².